The first kappa shape index (κ1) is 18.6. The lowest BCUT2D eigenvalue weighted by Gasteiger charge is -2.16. The molecule has 0 amide bonds. The van der Waals surface area contributed by atoms with Gasteiger partial charge in [0, 0.05) is 0 Å². The van der Waals surface area contributed by atoms with E-state index >= 15 is 0 Å². The summed E-state index contributed by atoms with van der Waals surface area (Å²) in [4.78, 5) is 11.2. The highest BCUT2D eigenvalue weighted by atomic mass is 19.4. The molecular weight excluding hydrogens is 311 g/mol. The van der Waals surface area contributed by atoms with Crippen molar-refractivity contribution in [3.63, 3.8) is 0 Å². The lowest BCUT2D eigenvalue weighted by atomic mass is 10.2. The second-order valence-corrected chi connectivity index (χ2v) is 4.47. The van der Waals surface area contributed by atoms with Gasteiger partial charge in [-0.05, 0) is 31.8 Å². The van der Waals surface area contributed by atoms with Crippen LogP contribution in [0.25, 0.3) is 0 Å². The zero-order valence-electron chi connectivity index (χ0n) is 12.5. The fourth-order valence-corrected chi connectivity index (χ4v) is 1.55. The van der Waals surface area contributed by atoms with Gasteiger partial charge in [-0.15, -0.1) is 0 Å². The zero-order valence-corrected chi connectivity index (χ0v) is 12.5. The van der Waals surface area contributed by atoms with Crippen LogP contribution in [0.1, 0.15) is 12.5 Å². The molecule has 23 heavy (non-hydrogen) atoms. The molecule has 1 unspecified atom stereocenters. The molecule has 9 heteroatoms. The second-order valence-electron chi connectivity index (χ2n) is 4.47. The Morgan fingerprint density at radius 2 is 2.22 bits per heavy atom. The van der Waals surface area contributed by atoms with Crippen LogP contribution in [0, 0.1) is 0 Å². The largest absolute Gasteiger partial charge is 0.491 e. The van der Waals surface area contributed by atoms with E-state index in [0.717, 1.165) is 12.1 Å². The Morgan fingerprint density at radius 1 is 1.48 bits per heavy atom. The van der Waals surface area contributed by atoms with Crippen LogP contribution < -0.4 is 15.8 Å². The molecule has 1 aromatic carbocycles. The van der Waals surface area contributed by atoms with Crippen LogP contribution in [0.15, 0.2) is 39.2 Å². The molecule has 1 atom stereocenters. The van der Waals surface area contributed by atoms with E-state index in [2.05, 4.69) is 27.0 Å². The average molecular weight is 329 g/mol. The van der Waals surface area contributed by atoms with Gasteiger partial charge >= 0.3 is 6.18 Å². The zero-order chi connectivity index (χ0) is 17.3. The van der Waals surface area contributed by atoms with Gasteiger partial charge in [0.2, 0.25) is 5.96 Å². The third-order valence-electron chi connectivity index (χ3n) is 2.54. The second kappa shape index (κ2) is 8.89. The van der Waals surface area contributed by atoms with E-state index in [9.17, 15) is 13.2 Å². The molecule has 0 spiro atoms. The van der Waals surface area contributed by atoms with Crippen molar-refractivity contribution in [3.8, 4) is 5.75 Å². The summed E-state index contributed by atoms with van der Waals surface area (Å²) in [6.45, 7) is 5.15. The first-order valence-electron chi connectivity index (χ1n) is 6.66. The standard InChI is InChI=1S/C14H18F3N5O/c1-10(22-13(20-8-18)21-9-19-2)7-23-12-5-3-4-11(6-12)14(15,16)17/h3-6,9-10H,2,7-8,18H2,1H3,(H,20,22)/b21-9-. The van der Waals surface area contributed by atoms with Crippen molar-refractivity contribution >= 4 is 19.0 Å². The van der Waals surface area contributed by atoms with Crippen molar-refractivity contribution in [2.75, 3.05) is 13.3 Å². The predicted molar refractivity (Wildman–Crippen MR) is 84.1 cm³/mol. The van der Waals surface area contributed by atoms with Gasteiger partial charge in [-0.1, -0.05) is 6.07 Å². The van der Waals surface area contributed by atoms with Crippen LogP contribution in [0.4, 0.5) is 13.2 Å². The number of benzene rings is 1. The molecule has 0 aliphatic rings. The van der Waals surface area contributed by atoms with E-state index in [1.54, 1.807) is 6.92 Å². The Hall–Kier alpha value is -2.42. The molecule has 1 aromatic rings. The van der Waals surface area contributed by atoms with Gasteiger partial charge in [0.1, 0.15) is 18.7 Å². The van der Waals surface area contributed by atoms with E-state index in [-0.39, 0.29) is 31.0 Å². The minimum absolute atomic E-state index is 0.0258. The minimum Gasteiger partial charge on any atom is -0.491 e. The molecule has 0 saturated heterocycles. The van der Waals surface area contributed by atoms with Crippen molar-refractivity contribution in [2.24, 2.45) is 20.7 Å². The Balaban J connectivity index is 2.62. The summed E-state index contributed by atoms with van der Waals surface area (Å²) in [5.74, 6) is 0.363. The quantitative estimate of drug-likeness (QED) is 0.619. The number of rotatable bonds is 6. The maximum Gasteiger partial charge on any atom is 0.416 e. The molecular formula is C14H18F3N5O. The van der Waals surface area contributed by atoms with E-state index in [4.69, 9.17) is 10.5 Å². The third-order valence-corrected chi connectivity index (χ3v) is 2.54. The van der Waals surface area contributed by atoms with Crippen LogP contribution in [-0.2, 0) is 6.18 Å². The van der Waals surface area contributed by atoms with Crippen LogP contribution in [-0.4, -0.2) is 38.3 Å². The molecule has 0 bridgehead atoms. The van der Waals surface area contributed by atoms with E-state index in [0.29, 0.717) is 0 Å². The number of halogens is 3. The van der Waals surface area contributed by atoms with Crippen LogP contribution in [0.3, 0.4) is 0 Å². The summed E-state index contributed by atoms with van der Waals surface area (Å²) in [7, 11) is 0. The molecule has 0 aliphatic carbocycles. The third kappa shape index (κ3) is 6.92. The molecule has 0 heterocycles. The van der Waals surface area contributed by atoms with Crippen molar-refractivity contribution < 1.29 is 17.9 Å². The molecule has 1 rings (SSSR count). The van der Waals surface area contributed by atoms with E-state index in [1.165, 1.54) is 18.5 Å². The maximum absolute atomic E-state index is 12.6. The summed E-state index contributed by atoms with van der Waals surface area (Å²) in [6, 6.07) is 4.41. The number of ether oxygens (including phenoxy) is 1. The van der Waals surface area contributed by atoms with Gasteiger partial charge in [0.25, 0.3) is 0 Å². The van der Waals surface area contributed by atoms with Gasteiger partial charge < -0.3 is 15.8 Å². The molecule has 0 aliphatic heterocycles. The highest BCUT2D eigenvalue weighted by molar-refractivity contribution is 5.88. The number of nitrogens with zero attached hydrogens (tertiary/aromatic N) is 3. The minimum atomic E-state index is -4.41. The Kier molecular flexibility index (Phi) is 7.20. The number of hydrogen-bond acceptors (Lipinski definition) is 3. The van der Waals surface area contributed by atoms with Crippen molar-refractivity contribution in [2.45, 2.75) is 19.1 Å². The fourth-order valence-electron chi connectivity index (χ4n) is 1.55. The van der Waals surface area contributed by atoms with Crippen molar-refractivity contribution in [1.82, 2.24) is 5.32 Å². The summed E-state index contributed by atoms with van der Waals surface area (Å²) in [6.07, 6.45) is -3.21. The number of hydrogen-bond donors (Lipinski definition) is 2. The number of nitrogens with one attached hydrogen (secondary N) is 1. The smallest absolute Gasteiger partial charge is 0.416 e. The van der Waals surface area contributed by atoms with Crippen molar-refractivity contribution in [3.05, 3.63) is 29.8 Å². The highest BCUT2D eigenvalue weighted by Crippen LogP contribution is 2.31. The number of guanidine groups is 1. The lowest BCUT2D eigenvalue weighted by Crippen LogP contribution is -2.36. The Labute approximate surface area is 132 Å². The SMILES string of the molecule is C=N/C=N\C(=N/CN)NC(C)COc1cccc(C(F)(F)F)c1. The highest BCUT2D eigenvalue weighted by Gasteiger charge is 2.30. The van der Waals surface area contributed by atoms with Gasteiger partial charge in [0.05, 0.1) is 18.3 Å². The number of nitrogens with two attached hydrogens (primary N) is 1. The first-order chi connectivity index (χ1) is 10.9. The normalized spacial score (nSPS) is 13.9. The van der Waals surface area contributed by atoms with Crippen LogP contribution in [0.5, 0.6) is 5.75 Å². The number of alkyl halides is 3. The van der Waals surface area contributed by atoms with Crippen LogP contribution in [0.2, 0.25) is 0 Å². The lowest BCUT2D eigenvalue weighted by molar-refractivity contribution is -0.137. The summed E-state index contributed by atoms with van der Waals surface area (Å²) in [5, 5.41) is 2.90. The Bertz CT molecular complexity index is 572. The van der Waals surface area contributed by atoms with Gasteiger partial charge in [0.15, 0.2) is 0 Å². The van der Waals surface area contributed by atoms with Gasteiger partial charge in [-0.3, -0.25) is 4.99 Å². The van der Waals surface area contributed by atoms with Crippen LogP contribution >= 0.6 is 0 Å². The van der Waals surface area contributed by atoms with E-state index in [1.807, 2.05) is 0 Å². The topological polar surface area (TPSA) is 84.4 Å². The molecule has 3 N–H and O–H groups in total. The molecule has 126 valence electrons. The maximum atomic E-state index is 12.6. The van der Waals surface area contributed by atoms with Gasteiger partial charge in [-0.25, -0.2) is 9.98 Å². The summed E-state index contributed by atoms with van der Waals surface area (Å²) in [5.41, 5.74) is 4.55. The molecule has 0 fully saturated rings. The number of aliphatic imine (C=N–C) groups is 3. The van der Waals surface area contributed by atoms with E-state index < -0.39 is 11.7 Å². The van der Waals surface area contributed by atoms with Crippen molar-refractivity contribution in [1.29, 1.82) is 0 Å². The summed E-state index contributed by atoms with van der Waals surface area (Å²) < 4.78 is 43.2. The monoisotopic (exact) mass is 329 g/mol. The fraction of sp³-hybridized carbons (Fsp3) is 0.357. The molecule has 0 aromatic heterocycles. The first-order valence-corrected chi connectivity index (χ1v) is 6.66. The Morgan fingerprint density at radius 3 is 2.83 bits per heavy atom. The molecule has 0 radical (unpaired) electrons. The molecule has 6 nitrogen and oxygen atoms in total. The summed E-state index contributed by atoms with van der Waals surface area (Å²) >= 11 is 0. The average Bonchev–Trinajstić information content (AvgIpc) is 2.50. The predicted octanol–water partition coefficient (Wildman–Crippen LogP) is 2.06. The molecule has 0 saturated carbocycles. The van der Waals surface area contributed by atoms with Gasteiger partial charge in [-0.2, -0.15) is 13.2 Å².